The van der Waals surface area contributed by atoms with Gasteiger partial charge in [0.25, 0.3) is 0 Å². The summed E-state index contributed by atoms with van der Waals surface area (Å²) >= 11 is 0. The molecule has 0 aromatic heterocycles. The van der Waals surface area contributed by atoms with Crippen LogP contribution in [0.4, 0.5) is 26.3 Å². The molecule has 6 aromatic rings. The van der Waals surface area contributed by atoms with Gasteiger partial charge in [-0.05, 0) is 103 Å². The van der Waals surface area contributed by atoms with Crippen LogP contribution in [0, 0.1) is 0 Å². The highest BCUT2D eigenvalue weighted by atomic mass is 19.4. The standard InChI is InChI=1S/C44H28F6O/c1-51-33-24-25-35-37(26-33)42(36-15-9-8-14-34(36)38(27-10-4-2-5-11-27)40(42)29-12-6-3-7-13-29)41(30-18-22-32(23-19-30)44(48,49)50)39(35)28-16-20-31(21-17-28)43(45,46)47/h2-26H,1H3. The van der Waals surface area contributed by atoms with Crippen molar-refractivity contribution in [1.29, 1.82) is 0 Å². The Hall–Kier alpha value is -5.82. The Morgan fingerprint density at radius 1 is 0.431 bits per heavy atom. The average molecular weight is 687 g/mol. The average Bonchev–Trinajstić information content (AvgIpc) is 3.61. The lowest BCUT2D eigenvalue weighted by Crippen LogP contribution is -2.28. The zero-order valence-electron chi connectivity index (χ0n) is 27.1. The third-order valence-electron chi connectivity index (χ3n) is 9.88. The zero-order valence-corrected chi connectivity index (χ0v) is 27.1. The van der Waals surface area contributed by atoms with Gasteiger partial charge in [0.1, 0.15) is 5.75 Å². The van der Waals surface area contributed by atoms with Crippen LogP contribution in [0.15, 0.2) is 152 Å². The van der Waals surface area contributed by atoms with Crippen LogP contribution in [-0.2, 0) is 17.8 Å². The van der Waals surface area contributed by atoms with E-state index in [2.05, 4.69) is 6.07 Å². The van der Waals surface area contributed by atoms with Gasteiger partial charge in [-0.1, -0.05) is 115 Å². The van der Waals surface area contributed by atoms with E-state index >= 15 is 0 Å². The van der Waals surface area contributed by atoms with E-state index in [1.807, 2.05) is 91.0 Å². The minimum absolute atomic E-state index is 0.499. The molecule has 0 radical (unpaired) electrons. The molecular formula is C44H28F6O. The summed E-state index contributed by atoms with van der Waals surface area (Å²) in [6, 6.07) is 43.5. The smallest absolute Gasteiger partial charge is 0.416 e. The normalized spacial score (nSPS) is 16.8. The van der Waals surface area contributed by atoms with Crippen LogP contribution >= 0.6 is 0 Å². The molecule has 0 amide bonds. The van der Waals surface area contributed by atoms with E-state index in [1.54, 1.807) is 13.2 Å². The van der Waals surface area contributed by atoms with E-state index in [0.717, 1.165) is 68.8 Å². The third kappa shape index (κ3) is 5.10. The second-order valence-electron chi connectivity index (χ2n) is 12.6. The molecule has 1 spiro atoms. The number of methoxy groups -OCH3 is 1. The van der Waals surface area contributed by atoms with Crippen molar-refractivity contribution in [2.75, 3.05) is 7.11 Å². The van der Waals surface area contributed by atoms with Gasteiger partial charge in [0.2, 0.25) is 0 Å². The molecule has 51 heavy (non-hydrogen) atoms. The fourth-order valence-electron chi connectivity index (χ4n) is 7.84. The Morgan fingerprint density at radius 2 is 0.863 bits per heavy atom. The summed E-state index contributed by atoms with van der Waals surface area (Å²) < 4.78 is 89.1. The van der Waals surface area contributed by atoms with Crippen LogP contribution < -0.4 is 4.74 Å². The summed E-state index contributed by atoms with van der Waals surface area (Å²) in [5.41, 5.74) is 6.63. The molecule has 0 fully saturated rings. The largest absolute Gasteiger partial charge is 0.497 e. The number of hydrogen-bond donors (Lipinski definition) is 0. The molecule has 2 aliphatic carbocycles. The molecule has 0 saturated carbocycles. The minimum atomic E-state index is -4.57. The van der Waals surface area contributed by atoms with Gasteiger partial charge in [0, 0.05) is 0 Å². The third-order valence-corrected chi connectivity index (χ3v) is 9.88. The van der Waals surface area contributed by atoms with Crippen LogP contribution in [0.3, 0.4) is 0 Å². The fourth-order valence-corrected chi connectivity index (χ4v) is 7.84. The van der Waals surface area contributed by atoms with Crippen LogP contribution in [0.2, 0.25) is 0 Å². The molecule has 0 N–H and O–H groups in total. The first-order valence-electron chi connectivity index (χ1n) is 16.3. The second-order valence-corrected chi connectivity index (χ2v) is 12.6. The molecule has 2 aliphatic rings. The first kappa shape index (κ1) is 32.4. The Bertz CT molecular complexity index is 2330. The second kappa shape index (κ2) is 11.9. The maximum atomic E-state index is 14.0. The minimum Gasteiger partial charge on any atom is -0.497 e. The van der Waals surface area contributed by atoms with E-state index in [0.29, 0.717) is 28.0 Å². The molecule has 0 aliphatic heterocycles. The van der Waals surface area contributed by atoms with Crippen LogP contribution in [0.1, 0.15) is 55.6 Å². The van der Waals surface area contributed by atoms with E-state index in [1.165, 1.54) is 24.3 Å². The molecule has 0 bridgehead atoms. The first-order chi connectivity index (χ1) is 24.5. The van der Waals surface area contributed by atoms with Crippen molar-refractivity contribution in [3.8, 4) is 5.75 Å². The highest BCUT2D eigenvalue weighted by molar-refractivity contribution is 6.22. The van der Waals surface area contributed by atoms with E-state index in [-0.39, 0.29) is 0 Å². The summed E-state index contributed by atoms with van der Waals surface area (Å²) in [5.74, 6) is 0.562. The molecule has 1 nitrogen and oxygen atoms in total. The predicted molar refractivity (Wildman–Crippen MR) is 188 cm³/mol. The summed E-state index contributed by atoms with van der Waals surface area (Å²) in [4.78, 5) is 0. The molecule has 1 unspecified atom stereocenters. The van der Waals surface area contributed by atoms with Crippen LogP contribution in [0.5, 0.6) is 5.75 Å². The summed E-state index contributed by atoms with van der Waals surface area (Å²) in [6.07, 6.45) is -9.12. The Labute approximate surface area is 290 Å². The van der Waals surface area contributed by atoms with E-state index in [9.17, 15) is 26.3 Å². The number of hydrogen-bond acceptors (Lipinski definition) is 1. The molecule has 8 rings (SSSR count). The number of benzene rings is 6. The van der Waals surface area contributed by atoms with Gasteiger partial charge in [0.15, 0.2) is 0 Å². The molecule has 6 aromatic carbocycles. The predicted octanol–water partition coefficient (Wildman–Crippen LogP) is 12.0. The molecular weight excluding hydrogens is 658 g/mol. The number of ether oxygens (including phenoxy) is 1. The number of rotatable bonds is 5. The van der Waals surface area contributed by atoms with Crippen LogP contribution in [-0.4, -0.2) is 7.11 Å². The number of fused-ring (bicyclic) bond motifs is 4. The van der Waals surface area contributed by atoms with Gasteiger partial charge in [0.05, 0.1) is 23.7 Å². The Morgan fingerprint density at radius 3 is 1.39 bits per heavy atom. The highest BCUT2D eigenvalue weighted by Gasteiger charge is 2.55. The van der Waals surface area contributed by atoms with E-state index < -0.39 is 28.9 Å². The van der Waals surface area contributed by atoms with Gasteiger partial charge in [-0.15, -0.1) is 0 Å². The lowest BCUT2D eigenvalue weighted by molar-refractivity contribution is -0.138. The van der Waals surface area contributed by atoms with Crippen molar-refractivity contribution in [3.63, 3.8) is 0 Å². The Kier molecular flexibility index (Phi) is 7.56. The van der Waals surface area contributed by atoms with Crippen molar-refractivity contribution in [2.24, 2.45) is 0 Å². The van der Waals surface area contributed by atoms with Crippen molar-refractivity contribution >= 4 is 22.3 Å². The number of halogens is 6. The molecule has 1 atom stereocenters. The molecule has 0 heterocycles. The van der Waals surface area contributed by atoms with Gasteiger partial charge in [-0.2, -0.15) is 26.3 Å². The van der Waals surface area contributed by atoms with Crippen molar-refractivity contribution in [1.82, 2.24) is 0 Å². The quantitative estimate of drug-likeness (QED) is 0.164. The Balaban J connectivity index is 1.59. The first-order valence-corrected chi connectivity index (χ1v) is 16.3. The maximum absolute atomic E-state index is 14.0. The monoisotopic (exact) mass is 686 g/mol. The summed E-state index contributed by atoms with van der Waals surface area (Å²) in [5, 5.41) is 0. The number of alkyl halides is 6. The fraction of sp³-hybridized carbons (Fsp3) is 0.0909. The summed E-state index contributed by atoms with van der Waals surface area (Å²) in [6.45, 7) is 0. The highest BCUT2D eigenvalue weighted by Crippen LogP contribution is 2.68. The van der Waals surface area contributed by atoms with Crippen molar-refractivity contribution in [3.05, 3.63) is 207 Å². The molecule has 252 valence electrons. The summed E-state index contributed by atoms with van der Waals surface area (Å²) in [7, 11) is 1.57. The topological polar surface area (TPSA) is 9.23 Å². The van der Waals surface area contributed by atoms with Crippen LogP contribution in [0.25, 0.3) is 22.3 Å². The van der Waals surface area contributed by atoms with E-state index in [4.69, 9.17) is 4.74 Å². The lowest BCUT2D eigenvalue weighted by Gasteiger charge is -2.36. The van der Waals surface area contributed by atoms with Gasteiger partial charge < -0.3 is 4.74 Å². The zero-order chi connectivity index (χ0) is 35.5. The van der Waals surface area contributed by atoms with Crippen molar-refractivity contribution in [2.45, 2.75) is 17.8 Å². The molecule has 7 heteroatoms. The van der Waals surface area contributed by atoms with Gasteiger partial charge >= 0.3 is 12.4 Å². The van der Waals surface area contributed by atoms with Gasteiger partial charge in [-0.3, -0.25) is 0 Å². The van der Waals surface area contributed by atoms with Gasteiger partial charge in [-0.25, -0.2) is 0 Å². The van der Waals surface area contributed by atoms with Crippen molar-refractivity contribution < 1.29 is 31.1 Å². The molecule has 0 saturated heterocycles. The number of allylic oxidation sites excluding steroid dienone is 2. The lowest BCUT2D eigenvalue weighted by atomic mass is 9.65. The maximum Gasteiger partial charge on any atom is 0.416 e. The SMILES string of the molecule is COc1ccc2c(c1)C1(C(c3ccccc3)=C(c3ccccc3)c3ccccc31)C(c1ccc(C(F)(F)F)cc1)=C2c1ccc(C(F)(F)F)cc1.